The molecule has 1 aromatic heterocycles. The van der Waals surface area contributed by atoms with Gasteiger partial charge in [-0.25, -0.2) is 5.43 Å². The summed E-state index contributed by atoms with van der Waals surface area (Å²) >= 11 is 0. The monoisotopic (exact) mass is 431 g/mol. The van der Waals surface area contributed by atoms with Crippen LogP contribution < -0.4 is 10.7 Å². The Labute approximate surface area is 178 Å². The van der Waals surface area contributed by atoms with Gasteiger partial charge >= 0.3 is 0 Å². The minimum absolute atomic E-state index is 0.0370. The van der Waals surface area contributed by atoms with Gasteiger partial charge in [0.05, 0.1) is 18.6 Å². The number of aromatic nitrogens is 1. The predicted octanol–water partition coefficient (Wildman–Crippen LogP) is -0.818. The average molecular weight is 431 g/mol. The second kappa shape index (κ2) is 10.1. The Balaban J connectivity index is 0.000000858. The standard InChI is InChI=1S/C19H23N5O4.CH2O2/c25-16-5-4-15(22-23-16)17(26)24-9-13-10-28-12-19(13,11-24)18(27)21-8-6-14-3-1-2-7-20-14;2-1-3/h1-3,7,13H,4-6,8-12H2,(H,21,27)(H,23,25);1H,(H,2,3)/t13-,19-;/m0./s1. The zero-order chi connectivity index (χ0) is 22.3. The van der Waals surface area contributed by atoms with E-state index in [1.165, 1.54) is 0 Å². The van der Waals surface area contributed by atoms with Crippen LogP contribution in [-0.2, 0) is 30.3 Å². The summed E-state index contributed by atoms with van der Waals surface area (Å²) in [4.78, 5) is 51.3. The fraction of sp³-hybridized carbons (Fsp3) is 0.500. The lowest BCUT2D eigenvalue weighted by Crippen LogP contribution is -2.48. The van der Waals surface area contributed by atoms with E-state index in [0.29, 0.717) is 51.4 Å². The van der Waals surface area contributed by atoms with Crippen molar-refractivity contribution in [1.29, 1.82) is 0 Å². The zero-order valence-electron chi connectivity index (χ0n) is 17.0. The normalized spacial score (nSPS) is 24.3. The summed E-state index contributed by atoms with van der Waals surface area (Å²) in [6.45, 7) is 1.76. The van der Waals surface area contributed by atoms with E-state index in [1.54, 1.807) is 11.1 Å². The summed E-state index contributed by atoms with van der Waals surface area (Å²) in [5.74, 6) is -0.521. The maximum atomic E-state index is 13.0. The van der Waals surface area contributed by atoms with Gasteiger partial charge in [0, 0.05) is 56.7 Å². The molecule has 0 radical (unpaired) electrons. The molecule has 0 unspecified atom stereocenters. The SMILES string of the molecule is O=C1CCC(C(=O)N2C[C@H]3COC[C@@]3(C(=O)NCCc3ccccn3)C2)=NN1.O=CO. The quantitative estimate of drug-likeness (QED) is 0.516. The molecule has 3 aliphatic rings. The average Bonchev–Trinajstić information content (AvgIpc) is 3.34. The molecule has 3 aliphatic heterocycles. The van der Waals surface area contributed by atoms with Crippen molar-refractivity contribution in [3.8, 4) is 0 Å². The first-order valence-electron chi connectivity index (χ1n) is 9.98. The number of pyridine rings is 1. The number of likely N-dealkylation sites (tertiary alicyclic amines) is 1. The van der Waals surface area contributed by atoms with Crippen molar-refractivity contribution in [3.05, 3.63) is 30.1 Å². The molecular weight excluding hydrogens is 406 g/mol. The maximum Gasteiger partial charge on any atom is 0.290 e. The van der Waals surface area contributed by atoms with Crippen LogP contribution in [0.25, 0.3) is 0 Å². The van der Waals surface area contributed by atoms with E-state index >= 15 is 0 Å². The highest BCUT2D eigenvalue weighted by atomic mass is 16.5. The number of ether oxygens (including phenoxy) is 1. The van der Waals surface area contributed by atoms with Crippen molar-refractivity contribution >= 4 is 29.9 Å². The first-order chi connectivity index (χ1) is 15.0. The first-order valence-corrected chi connectivity index (χ1v) is 9.98. The van der Waals surface area contributed by atoms with Crippen LogP contribution >= 0.6 is 0 Å². The minimum Gasteiger partial charge on any atom is -0.483 e. The van der Waals surface area contributed by atoms with Gasteiger partial charge in [-0.3, -0.25) is 24.2 Å². The first kappa shape index (κ1) is 22.3. The lowest BCUT2D eigenvalue weighted by atomic mass is 9.80. The largest absolute Gasteiger partial charge is 0.483 e. The highest BCUT2D eigenvalue weighted by molar-refractivity contribution is 6.39. The number of nitrogens with zero attached hydrogens (tertiary/aromatic N) is 3. The summed E-state index contributed by atoms with van der Waals surface area (Å²) in [5.41, 5.74) is 2.89. The molecule has 2 atom stereocenters. The van der Waals surface area contributed by atoms with E-state index in [0.717, 1.165) is 5.69 Å². The highest BCUT2D eigenvalue weighted by Gasteiger charge is 2.57. The third kappa shape index (κ3) is 5.05. The molecule has 0 aliphatic carbocycles. The number of nitrogens with one attached hydrogen (secondary N) is 2. The molecule has 4 heterocycles. The van der Waals surface area contributed by atoms with Crippen LogP contribution in [0.3, 0.4) is 0 Å². The van der Waals surface area contributed by atoms with E-state index in [-0.39, 0.29) is 36.5 Å². The number of hydrogen-bond donors (Lipinski definition) is 3. The number of hydrazone groups is 1. The van der Waals surface area contributed by atoms with Crippen molar-refractivity contribution < 1.29 is 29.0 Å². The minimum atomic E-state index is -0.724. The lowest BCUT2D eigenvalue weighted by Gasteiger charge is -2.26. The molecule has 3 amide bonds. The fourth-order valence-electron chi connectivity index (χ4n) is 4.05. The third-order valence-corrected chi connectivity index (χ3v) is 5.66. The molecule has 4 rings (SSSR count). The summed E-state index contributed by atoms with van der Waals surface area (Å²) in [6.07, 6.45) is 2.95. The van der Waals surface area contributed by atoms with Gasteiger partial charge in [-0.05, 0) is 12.1 Å². The maximum absolute atomic E-state index is 13.0. The Bertz CT molecular complexity index is 861. The molecule has 0 spiro atoms. The third-order valence-electron chi connectivity index (χ3n) is 5.66. The summed E-state index contributed by atoms with van der Waals surface area (Å²) in [7, 11) is 0. The molecule has 3 N–H and O–H groups in total. The number of carbonyl (C=O) groups excluding carboxylic acids is 3. The van der Waals surface area contributed by atoms with Crippen LogP contribution in [0.4, 0.5) is 0 Å². The molecule has 1 aromatic rings. The van der Waals surface area contributed by atoms with Gasteiger partial charge in [-0.15, -0.1) is 0 Å². The second-order valence-corrected chi connectivity index (χ2v) is 7.58. The smallest absolute Gasteiger partial charge is 0.290 e. The Kier molecular flexibility index (Phi) is 7.29. The topological polar surface area (TPSA) is 150 Å². The summed E-state index contributed by atoms with van der Waals surface area (Å²) in [6, 6.07) is 5.69. The van der Waals surface area contributed by atoms with Crippen LogP contribution in [0, 0.1) is 11.3 Å². The Morgan fingerprint density at radius 2 is 2.19 bits per heavy atom. The number of carbonyl (C=O) groups is 4. The van der Waals surface area contributed by atoms with E-state index in [2.05, 4.69) is 20.8 Å². The predicted molar refractivity (Wildman–Crippen MR) is 108 cm³/mol. The number of fused-ring (bicyclic) bond motifs is 1. The molecule has 0 saturated carbocycles. The molecule has 2 fully saturated rings. The molecule has 0 aromatic carbocycles. The molecule has 11 heteroatoms. The van der Waals surface area contributed by atoms with E-state index in [4.69, 9.17) is 14.6 Å². The van der Waals surface area contributed by atoms with Crippen LogP contribution in [-0.4, -0.2) is 77.7 Å². The number of amides is 3. The summed E-state index contributed by atoms with van der Waals surface area (Å²) < 4.78 is 5.59. The fourth-order valence-corrected chi connectivity index (χ4v) is 4.05. The van der Waals surface area contributed by atoms with Crippen LogP contribution in [0.2, 0.25) is 0 Å². The van der Waals surface area contributed by atoms with E-state index in [1.807, 2.05) is 18.2 Å². The highest BCUT2D eigenvalue weighted by Crippen LogP contribution is 2.41. The lowest BCUT2D eigenvalue weighted by molar-refractivity contribution is -0.132. The molecule has 31 heavy (non-hydrogen) atoms. The van der Waals surface area contributed by atoms with Gasteiger partial charge < -0.3 is 20.1 Å². The molecule has 166 valence electrons. The summed E-state index contributed by atoms with van der Waals surface area (Å²) in [5, 5.41) is 13.8. The van der Waals surface area contributed by atoms with E-state index in [9.17, 15) is 14.4 Å². The molecule has 0 bridgehead atoms. The van der Waals surface area contributed by atoms with Crippen molar-refractivity contribution in [2.45, 2.75) is 19.3 Å². The van der Waals surface area contributed by atoms with Crippen molar-refractivity contribution in [1.82, 2.24) is 20.6 Å². The number of carboxylic acid groups (broad SMARTS) is 1. The van der Waals surface area contributed by atoms with Crippen LogP contribution in [0.1, 0.15) is 18.5 Å². The zero-order valence-corrected chi connectivity index (χ0v) is 17.0. The Hall–Kier alpha value is -3.34. The van der Waals surface area contributed by atoms with Gasteiger partial charge in [0.25, 0.3) is 12.4 Å². The van der Waals surface area contributed by atoms with E-state index < -0.39 is 5.41 Å². The Morgan fingerprint density at radius 3 is 2.87 bits per heavy atom. The molecular formula is C20H25N5O6. The van der Waals surface area contributed by atoms with Gasteiger partial charge in [0.2, 0.25) is 11.8 Å². The molecule has 2 saturated heterocycles. The van der Waals surface area contributed by atoms with Gasteiger partial charge in [-0.2, -0.15) is 5.10 Å². The van der Waals surface area contributed by atoms with Gasteiger partial charge in [0.1, 0.15) is 5.71 Å². The van der Waals surface area contributed by atoms with Gasteiger partial charge in [-0.1, -0.05) is 6.07 Å². The van der Waals surface area contributed by atoms with Crippen molar-refractivity contribution in [3.63, 3.8) is 0 Å². The number of hydrogen-bond acceptors (Lipinski definition) is 7. The van der Waals surface area contributed by atoms with Crippen molar-refractivity contribution in [2.75, 3.05) is 32.8 Å². The second-order valence-electron chi connectivity index (χ2n) is 7.58. The van der Waals surface area contributed by atoms with Crippen molar-refractivity contribution in [2.24, 2.45) is 16.4 Å². The molecule has 11 nitrogen and oxygen atoms in total. The number of rotatable bonds is 5. The van der Waals surface area contributed by atoms with Gasteiger partial charge in [0.15, 0.2) is 0 Å². The Morgan fingerprint density at radius 1 is 1.39 bits per heavy atom. The van der Waals surface area contributed by atoms with Crippen LogP contribution in [0.5, 0.6) is 0 Å². The van der Waals surface area contributed by atoms with Crippen LogP contribution in [0.15, 0.2) is 29.5 Å².